The average Bonchev–Trinajstić information content (AvgIpc) is 2.41. The predicted octanol–water partition coefficient (Wildman–Crippen LogP) is 1.98. The fourth-order valence-corrected chi connectivity index (χ4v) is 6.06. The van der Waals surface area contributed by atoms with Gasteiger partial charge >= 0.3 is 5.97 Å². The average molecular weight is 296 g/mol. The third kappa shape index (κ3) is 1.78. The first-order valence-electron chi connectivity index (χ1n) is 8.15. The van der Waals surface area contributed by atoms with Crippen LogP contribution in [0.1, 0.15) is 47.5 Å². The number of fused-ring (bicyclic) bond motifs is 2. The molecule has 8 atom stereocenters. The lowest BCUT2D eigenvalue weighted by molar-refractivity contribution is -0.283. The quantitative estimate of drug-likeness (QED) is 0.726. The molecule has 0 radical (unpaired) electrons. The molecule has 0 spiro atoms. The summed E-state index contributed by atoms with van der Waals surface area (Å²) in [5.74, 6) is 1.02. The standard InChI is InChI=1S/C17H28O4/c1-8-6-10(21-9(2)18)14-15-13(8)17(14,5)12(20)7-11(19)16(15,3)4/h8,10-15,19-20H,6-7H2,1-5H3/t8-,10+,11+,12+,13-,14+,15+,17+/m0/s1. The van der Waals surface area contributed by atoms with Crippen LogP contribution in [-0.4, -0.2) is 34.5 Å². The van der Waals surface area contributed by atoms with E-state index in [2.05, 4.69) is 27.7 Å². The maximum atomic E-state index is 11.5. The van der Waals surface area contributed by atoms with Gasteiger partial charge in [-0.15, -0.1) is 0 Å². The summed E-state index contributed by atoms with van der Waals surface area (Å²) in [6.07, 6.45) is 0.139. The van der Waals surface area contributed by atoms with Crippen LogP contribution in [0.4, 0.5) is 0 Å². The summed E-state index contributed by atoms with van der Waals surface area (Å²) in [6.45, 7) is 9.98. The van der Waals surface area contributed by atoms with Crippen molar-refractivity contribution in [1.29, 1.82) is 0 Å². The molecule has 0 aromatic heterocycles. The van der Waals surface area contributed by atoms with Crippen LogP contribution in [-0.2, 0) is 9.53 Å². The van der Waals surface area contributed by atoms with E-state index < -0.39 is 12.2 Å². The van der Waals surface area contributed by atoms with Crippen molar-refractivity contribution in [3.8, 4) is 0 Å². The first-order valence-corrected chi connectivity index (χ1v) is 8.15. The van der Waals surface area contributed by atoms with Gasteiger partial charge in [0.2, 0.25) is 0 Å². The van der Waals surface area contributed by atoms with Gasteiger partial charge in [0.15, 0.2) is 0 Å². The van der Waals surface area contributed by atoms with Crippen LogP contribution in [0.5, 0.6) is 0 Å². The molecule has 2 N–H and O–H groups in total. The van der Waals surface area contributed by atoms with Crippen LogP contribution >= 0.6 is 0 Å². The molecule has 4 fully saturated rings. The lowest BCUT2D eigenvalue weighted by atomic mass is 9.35. The normalized spacial score (nSPS) is 54.3. The Labute approximate surface area is 126 Å². The summed E-state index contributed by atoms with van der Waals surface area (Å²) in [4.78, 5) is 11.5. The molecular formula is C17H28O4. The summed E-state index contributed by atoms with van der Waals surface area (Å²) >= 11 is 0. The molecule has 4 aliphatic rings. The molecule has 0 saturated heterocycles. The number of carbonyl (C=O) groups is 1. The number of rotatable bonds is 1. The zero-order valence-corrected chi connectivity index (χ0v) is 13.7. The molecule has 120 valence electrons. The number of hydrogen-bond acceptors (Lipinski definition) is 4. The zero-order chi connectivity index (χ0) is 15.7. The van der Waals surface area contributed by atoms with Gasteiger partial charge < -0.3 is 14.9 Å². The molecular weight excluding hydrogens is 268 g/mol. The van der Waals surface area contributed by atoms with Crippen LogP contribution in [0.15, 0.2) is 0 Å². The molecule has 0 aliphatic heterocycles. The number of aliphatic hydroxyl groups is 2. The topological polar surface area (TPSA) is 66.8 Å². The van der Waals surface area contributed by atoms with Gasteiger partial charge in [-0.05, 0) is 29.6 Å². The van der Waals surface area contributed by atoms with Gasteiger partial charge in [-0.3, -0.25) is 4.79 Å². The van der Waals surface area contributed by atoms with E-state index in [1.807, 2.05) is 0 Å². The fourth-order valence-electron chi connectivity index (χ4n) is 6.06. The minimum atomic E-state index is -0.527. The highest BCUT2D eigenvalue weighted by atomic mass is 16.5. The molecule has 0 amide bonds. The third-order valence-corrected chi connectivity index (χ3v) is 7.03. The van der Waals surface area contributed by atoms with E-state index in [1.165, 1.54) is 6.92 Å². The van der Waals surface area contributed by atoms with Crippen molar-refractivity contribution in [2.45, 2.75) is 65.8 Å². The highest BCUT2D eigenvalue weighted by molar-refractivity contribution is 5.66. The number of aliphatic hydroxyl groups excluding tert-OH is 2. The Hall–Kier alpha value is -0.610. The van der Waals surface area contributed by atoms with Gasteiger partial charge in [-0.1, -0.05) is 27.7 Å². The minimum Gasteiger partial charge on any atom is -0.462 e. The summed E-state index contributed by atoms with van der Waals surface area (Å²) in [5, 5.41) is 21.3. The monoisotopic (exact) mass is 296 g/mol. The van der Waals surface area contributed by atoms with Crippen molar-refractivity contribution < 1.29 is 19.7 Å². The number of carbonyl (C=O) groups excluding carboxylic acids is 1. The van der Waals surface area contributed by atoms with Gasteiger partial charge in [0.25, 0.3) is 0 Å². The Morgan fingerprint density at radius 2 is 1.67 bits per heavy atom. The Balaban J connectivity index is 2.05. The molecule has 0 heterocycles. The minimum absolute atomic E-state index is 0.128. The second-order valence-corrected chi connectivity index (χ2v) is 8.39. The second kappa shape index (κ2) is 4.45. The molecule has 21 heavy (non-hydrogen) atoms. The van der Waals surface area contributed by atoms with E-state index in [4.69, 9.17) is 4.74 Å². The molecule has 4 rings (SSSR count). The number of hydrogen-bond donors (Lipinski definition) is 2. The van der Waals surface area contributed by atoms with Gasteiger partial charge in [0.05, 0.1) is 12.2 Å². The van der Waals surface area contributed by atoms with Crippen molar-refractivity contribution in [2.75, 3.05) is 0 Å². The summed E-state index contributed by atoms with van der Waals surface area (Å²) in [7, 11) is 0. The largest absolute Gasteiger partial charge is 0.462 e. The summed E-state index contributed by atoms with van der Waals surface area (Å²) in [5.41, 5.74) is -0.489. The Morgan fingerprint density at radius 3 is 2.24 bits per heavy atom. The lowest BCUT2D eigenvalue weighted by Gasteiger charge is -2.70. The SMILES string of the molecule is CC(=O)O[C@@H]1C[C@H](C)[C@H]2[C@@H]3[C@@H]1[C@]2(C)[C@H](O)C[C@@H](O)C3(C)C. The maximum absolute atomic E-state index is 11.5. The van der Waals surface area contributed by atoms with E-state index in [0.717, 1.165) is 6.42 Å². The van der Waals surface area contributed by atoms with Gasteiger partial charge in [0, 0.05) is 24.7 Å². The van der Waals surface area contributed by atoms with Gasteiger partial charge in [-0.2, -0.15) is 0 Å². The number of ether oxygens (including phenoxy) is 1. The second-order valence-electron chi connectivity index (χ2n) is 8.39. The Bertz CT molecular complexity index is 460. The third-order valence-electron chi connectivity index (χ3n) is 7.03. The van der Waals surface area contributed by atoms with E-state index >= 15 is 0 Å². The molecule has 4 bridgehead atoms. The number of esters is 1. The van der Waals surface area contributed by atoms with Gasteiger partial charge in [0.1, 0.15) is 6.10 Å². The lowest BCUT2D eigenvalue weighted by Crippen LogP contribution is -2.71. The molecule has 0 aromatic carbocycles. The Morgan fingerprint density at radius 1 is 1.05 bits per heavy atom. The maximum Gasteiger partial charge on any atom is 0.302 e. The van der Waals surface area contributed by atoms with Crippen molar-refractivity contribution in [2.24, 2.45) is 34.5 Å². The van der Waals surface area contributed by atoms with E-state index in [1.54, 1.807) is 0 Å². The van der Waals surface area contributed by atoms with Crippen LogP contribution in [0.3, 0.4) is 0 Å². The van der Waals surface area contributed by atoms with E-state index in [-0.39, 0.29) is 28.8 Å². The van der Waals surface area contributed by atoms with Crippen molar-refractivity contribution in [3.05, 3.63) is 0 Å². The first-order chi connectivity index (χ1) is 9.61. The van der Waals surface area contributed by atoms with E-state index in [0.29, 0.717) is 24.2 Å². The zero-order valence-electron chi connectivity index (χ0n) is 13.7. The van der Waals surface area contributed by atoms with Gasteiger partial charge in [-0.25, -0.2) is 0 Å². The van der Waals surface area contributed by atoms with Crippen molar-refractivity contribution >= 4 is 5.97 Å². The Kier molecular flexibility index (Phi) is 3.24. The van der Waals surface area contributed by atoms with Crippen LogP contribution in [0.25, 0.3) is 0 Å². The molecule has 4 saturated carbocycles. The highest BCUT2D eigenvalue weighted by Crippen LogP contribution is 2.73. The van der Waals surface area contributed by atoms with Crippen LogP contribution < -0.4 is 0 Å². The highest BCUT2D eigenvalue weighted by Gasteiger charge is 2.74. The molecule has 4 nitrogen and oxygen atoms in total. The van der Waals surface area contributed by atoms with Crippen molar-refractivity contribution in [1.82, 2.24) is 0 Å². The smallest absolute Gasteiger partial charge is 0.302 e. The van der Waals surface area contributed by atoms with Crippen LogP contribution in [0, 0.1) is 34.5 Å². The molecule has 0 unspecified atom stereocenters. The molecule has 4 heteroatoms. The van der Waals surface area contributed by atoms with Crippen LogP contribution in [0.2, 0.25) is 0 Å². The van der Waals surface area contributed by atoms with Crippen molar-refractivity contribution in [3.63, 3.8) is 0 Å². The summed E-state index contributed by atoms with van der Waals surface area (Å²) in [6, 6.07) is 0. The predicted molar refractivity (Wildman–Crippen MR) is 78.3 cm³/mol. The molecule has 4 aliphatic carbocycles. The summed E-state index contributed by atoms with van der Waals surface area (Å²) < 4.78 is 5.61. The fraction of sp³-hybridized carbons (Fsp3) is 0.941. The first kappa shape index (κ1) is 15.3. The molecule has 0 aromatic rings. The van der Waals surface area contributed by atoms with E-state index in [9.17, 15) is 15.0 Å².